The van der Waals surface area contributed by atoms with Crippen LogP contribution < -0.4 is 0 Å². The SMILES string of the molecule is FC(F)(F)c1ccccc1CSc1ncc2ccccn12. The first-order valence-electron chi connectivity index (χ1n) is 6.26. The largest absolute Gasteiger partial charge is 0.416 e. The van der Waals surface area contributed by atoms with Crippen molar-refractivity contribution in [3.05, 3.63) is 66.0 Å². The highest BCUT2D eigenvalue weighted by Gasteiger charge is 2.32. The normalized spacial score (nSPS) is 12.0. The molecule has 0 fully saturated rings. The topological polar surface area (TPSA) is 17.3 Å². The Morgan fingerprint density at radius 1 is 1.05 bits per heavy atom. The number of fused-ring (bicyclic) bond motifs is 1. The maximum absolute atomic E-state index is 12.9. The molecule has 2 nitrogen and oxygen atoms in total. The molecule has 0 saturated heterocycles. The average molecular weight is 308 g/mol. The Morgan fingerprint density at radius 2 is 1.81 bits per heavy atom. The maximum Gasteiger partial charge on any atom is 0.416 e. The van der Waals surface area contributed by atoms with Gasteiger partial charge in [-0.1, -0.05) is 36.0 Å². The first-order chi connectivity index (χ1) is 10.1. The molecule has 0 saturated carbocycles. The van der Waals surface area contributed by atoms with Crippen LogP contribution in [0.5, 0.6) is 0 Å². The van der Waals surface area contributed by atoms with Crippen molar-refractivity contribution < 1.29 is 13.2 Å². The highest BCUT2D eigenvalue weighted by molar-refractivity contribution is 7.98. The number of imidazole rings is 1. The fraction of sp³-hybridized carbons (Fsp3) is 0.133. The number of hydrogen-bond acceptors (Lipinski definition) is 2. The number of pyridine rings is 1. The van der Waals surface area contributed by atoms with Gasteiger partial charge in [0.15, 0.2) is 5.16 Å². The predicted octanol–water partition coefficient (Wildman–Crippen LogP) is 4.65. The Hall–Kier alpha value is -1.95. The third-order valence-corrected chi connectivity index (χ3v) is 4.10. The van der Waals surface area contributed by atoms with Gasteiger partial charge in [-0.15, -0.1) is 0 Å². The minimum absolute atomic E-state index is 0.226. The fourth-order valence-corrected chi connectivity index (χ4v) is 3.06. The van der Waals surface area contributed by atoms with Crippen molar-refractivity contribution >= 4 is 17.3 Å². The average Bonchev–Trinajstić information content (AvgIpc) is 2.88. The smallest absolute Gasteiger partial charge is 0.295 e. The number of hydrogen-bond donors (Lipinski definition) is 0. The van der Waals surface area contributed by atoms with Gasteiger partial charge in [-0.25, -0.2) is 4.98 Å². The van der Waals surface area contributed by atoms with Crippen LogP contribution in [-0.2, 0) is 11.9 Å². The summed E-state index contributed by atoms with van der Waals surface area (Å²) in [4.78, 5) is 4.25. The second-order valence-corrected chi connectivity index (χ2v) is 5.42. The Bertz CT molecular complexity index is 765. The molecule has 0 radical (unpaired) electrons. The molecule has 0 N–H and O–H groups in total. The third kappa shape index (κ3) is 2.90. The third-order valence-electron chi connectivity index (χ3n) is 3.08. The Balaban J connectivity index is 1.86. The molecule has 108 valence electrons. The molecular weight excluding hydrogens is 297 g/mol. The van der Waals surface area contributed by atoms with Crippen LogP contribution in [0.2, 0.25) is 0 Å². The van der Waals surface area contributed by atoms with Gasteiger partial charge < -0.3 is 0 Å². The van der Waals surface area contributed by atoms with Crippen molar-refractivity contribution in [3.8, 4) is 0 Å². The van der Waals surface area contributed by atoms with E-state index < -0.39 is 11.7 Å². The quantitative estimate of drug-likeness (QED) is 0.655. The molecule has 2 heterocycles. The van der Waals surface area contributed by atoms with Crippen LogP contribution in [0.1, 0.15) is 11.1 Å². The van der Waals surface area contributed by atoms with Gasteiger partial charge in [-0.2, -0.15) is 13.2 Å². The van der Waals surface area contributed by atoms with E-state index in [1.807, 2.05) is 28.8 Å². The molecule has 0 aliphatic heterocycles. The van der Waals surface area contributed by atoms with Gasteiger partial charge in [-0.3, -0.25) is 4.40 Å². The number of alkyl halides is 3. The summed E-state index contributed by atoms with van der Waals surface area (Å²) < 4.78 is 40.7. The summed E-state index contributed by atoms with van der Waals surface area (Å²) >= 11 is 1.29. The lowest BCUT2D eigenvalue weighted by Gasteiger charge is -2.11. The maximum atomic E-state index is 12.9. The monoisotopic (exact) mass is 308 g/mol. The molecule has 21 heavy (non-hydrogen) atoms. The first kappa shape index (κ1) is 14.0. The van der Waals surface area contributed by atoms with Crippen LogP contribution >= 0.6 is 11.8 Å². The van der Waals surface area contributed by atoms with Crippen molar-refractivity contribution in [1.29, 1.82) is 0 Å². The number of aromatic nitrogens is 2. The molecule has 3 rings (SSSR count). The molecular formula is C15H11F3N2S. The van der Waals surface area contributed by atoms with Crippen molar-refractivity contribution in [1.82, 2.24) is 9.38 Å². The molecule has 6 heteroatoms. The highest BCUT2D eigenvalue weighted by Crippen LogP contribution is 2.34. The molecule has 0 bridgehead atoms. The minimum Gasteiger partial charge on any atom is -0.295 e. The van der Waals surface area contributed by atoms with Gasteiger partial charge >= 0.3 is 6.18 Å². The lowest BCUT2D eigenvalue weighted by Crippen LogP contribution is -2.08. The summed E-state index contributed by atoms with van der Waals surface area (Å²) in [5.41, 5.74) is 0.602. The second-order valence-electron chi connectivity index (χ2n) is 4.48. The van der Waals surface area contributed by atoms with E-state index in [4.69, 9.17) is 0 Å². The number of halogens is 3. The van der Waals surface area contributed by atoms with Gasteiger partial charge in [0.2, 0.25) is 0 Å². The van der Waals surface area contributed by atoms with E-state index in [0.29, 0.717) is 5.16 Å². The Labute approximate surface area is 123 Å². The van der Waals surface area contributed by atoms with Crippen molar-refractivity contribution in [3.63, 3.8) is 0 Å². The zero-order chi connectivity index (χ0) is 14.9. The summed E-state index contributed by atoms with van der Waals surface area (Å²) in [6.45, 7) is 0. The van der Waals surface area contributed by atoms with Crippen LogP contribution in [0.15, 0.2) is 60.0 Å². The molecule has 0 aliphatic rings. The molecule has 3 aromatic rings. The molecule has 2 aromatic heterocycles. The van der Waals surface area contributed by atoms with E-state index in [0.717, 1.165) is 11.6 Å². The van der Waals surface area contributed by atoms with E-state index in [-0.39, 0.29) is 11.3 Å². The number of nitrogens with zero attached hydrogens (tertiary/aromatic N) is 2. The molecule has 0 unspecified atom stereocenters. The van der Waals surface area contributed by atoms with E-state index in [9.17, 15) is 13.2 Å². The zero-order valence-electron chi connectivity index (χ0n) is 10.8. The molecule has 0 atom stereocenters. The van der Waals surface area contributed by atoms with Crippen molar-refractivity contribution in [2.24, 2.45) is 0 Å². The fourth-order valence-electron chi connectivity index (χ4n) is 2.09. The summed E-state index contributed by atoms with van der Waals surface area (Å²) in [6, 6.07) is 11.3. The molecule has 0 spiro atoms. The van der Waals surface area contributed by atoms with Crippen molar-refractivity contribution in [2.75, 3.05) is 0 Å². The van der Waals surface area contributed by atoms with Gasteiger partial charge in [0, 0.05) is 11.9 Å². The summed E-state index contributed by atoms with van der Waals surface area (Å²) in [5, 5.41) is 0.683. The van der Waals surface area contributed by atoms with Gasteiger partial charge in [-0.05, 0) is 23.8 Å². The van der Waals surface area contributed by atoms with Crippen LogP contribution in [0.4, 0.5) is 13.2 Å². The van der Waals surface area contributed by atoms with Gasteiger partial charge in [0.05, 0.1) is 17.3 Å². The van der Waals surface area contributed by atoms with Gasteiger partial charge in [0.1, 0.15) is 0 Å². The summed E-state index contributed by atoms with van der Waals surface area (Å²) in [5.74, 6) is 0.226. The predicted molar refractivity (Wildman–Crippen MR) is 76.2 cm³/mol. The Morgan fingerprint density at radius 3 is 2.62 bits per heavy atom. The standard InChI is InChI=1S/C15H11F3N2S/c16-15(17,18)13-7-2-1-5-11(13)10-21-14-19-9-12-6-3-4-8-20(12)14/h1-9H,10H2. The second kappa shape index (κ2) is 5.44. The van der Waals surface area contributed by atoms with E-state index >= 15 is 0 Å². The number of benzene rings is 1. The van der Waals surface area contributed by atoms with Gasteiger partial charge in [0.25, 0.3) is 0 Å². The van der Waals surface area contributed by atoms with E-state index in [2.05, 4.69) is 4.98 Å². The van der Waals surface area contributed by atoms with Crippen LogP contribution in [0, 0.1) is 0 Å². The minimum atomic E-state index is -4.33. The molecule has 0 amide bonds. The lowest BCUT2D eigenvalue weighted by molar-refractivity contribution is -0.138. The van der Waals surface area contributed by atoms with E-state index in [1.54, 1.807) is 12.3 Å². The van der Waals surface area contributed by atoms with Crippen LogP contribution in [-0.4, -0.2) is 9.38 Å². The van der Waals surface area contributed by atoms with Crippen LogP contribution in [0.3, 0.4) is 0 Å². The van der Waals surface area contributed by atoms with Crippen LogP contribution in [0.25, 0.3) is 5.52 Å². The molecule has 0 aliphatic carbocycles. The molecule has 1 aromatic carbocycles. The number of thioether (sulfide) groups is 1. The highest BCUT2D eigenvalue weighted by atomic mass is 32.2. The number of rotatable bonds is 3. The van der Waals surface area contributed by atoms with Crippen molar-refractivity contribution in [2.45, 2.75) is 17.1 Å². The summed E-state index contributed by atoms with van der Waals surface area (Å²) in [6.07, 6.45) is -0.774. The first-order valence-corrected chi connectivity index (χ1v) is 7.24. The Kier molecular flexibility index (Phi) is 3.63. The van der Waals surface area contributed by atoms with E-state index in [1.165, 1.54) is 23.9 Å². The lowest BCUT2D eigenvalue weighted by atomic mass is 10.1. The zero-order valence-corrected chi connectivity index (χ0v) is 11.7. The summed E-state index contributed by atoms with van der Waals surface area (Å²) in [7, 11) is 0.